The first kappa shape index (κ1) is 11.6. The van der Waals surface area contributed by atoms with E-state index in [1.807, 2.05) is 5.38 Å². The number of thiazole rings is 1. The molecule has 1 heterocycles. The largest absolute Gasteiger partial charge is 0.389 e. The van der Waals surface area contributed by atoms with Gasteiger partial charge < -0.3 is 5.11 Å². The number of benzene rings is 1. The van der Waals surface area contributed by atoms with Gasteiger partial charge in [0.25, 0.3) is 0 Å². The minimum absolute atomic E-state index is 0.336. The first-order chi connectivity index (χ1) is 7.68. The first-order valence-electron chi connectivity index (χ1n) is 4.72. The molecule has 1 N–H and O–H groups in total. The van der Waals surface area contributed by atoms with Crippen molar-refractivity contribution in [1.29, 1.82) is 0 Å². The second-order valence-corrected chi connectivity index (χ2v) is 5.41. The van der Waals surface area contributed by atoms with E-state index in [2.05, 4.69) is 4.98 Å². The van der Waals surface area contributed by atoms with Crippen molar-refractivity contribution in [2.75, 3.05) is 0 Å². The molecule has 0 unspecified atom stereocenters. The second-order valence-electron chi connectivity index (χ2n) is 3.23. The molecule has 0 aliphatic rings. The lowest BCUT2D eigenvalue weighted by molar-refractivity contribution is 0.191. The maximum absolute atomic E-state index is 13.5. The van der Waals surface area contributed by atoms with E-state index in [9.17, 15) is 9.50 Å². The Hall–Kier alpha value is -0.910. The fraction of sp³-hybridized carbons (Fsp3) is 0.182. The van der Waals surface area contributed by atoms with Crippen molar-refractivity contribution in [3.05, 3.63) is 41.2 Å². The van der Waals surface area contributed by atoms with Gasteiger partial charge in [0.1, 0.15) is 5.82 Å². The van der Waals surface area contributed by atoms with Gasteiger partial charge in [0, 0.05) is 22.0 Å². The van der Waals surface area contributed by atoms with E-state index in [4.69, 9.17) is 0 Å². The number of halogens is 1. The van der Waals surface area contributed by atoms with E-state index in [1.165, 1.54) is 29.2 Å². The summed E-state index contributed by atoms with van der Waals surface area (Å²) in [5.41, 5.74) is 0.336. The van der Waals surface area contributed by atoms with Crippen LogP contribution in [0.3, 0.4) is 0 Å². The third-order valence-corrected chi connectivity index (χ3v) is 4.00. The average molecular weight is 255 g/mol. The van der Waals surface area contributed by atoms with E-state index in [-0.39, 0.29) is 5.82 Å². The molecule has 1 atom stereocenters. The van der Waals surface area contributed by atoms with E-state index in [1.54, 1.807) is 25.3 Å². The summed E-state index contributed by atoms with van der Waals surface area (Å²) in [6.45, 7) is 1.56. The molecule has 0 fully saturated rings. The predicted molar refractivity (Wildman–Crippen MR) is 63.3 cm³/mol. The number of aliphatic hydroxyl groups is 1. The summed E-state index contributed by atoms with van der Waals surface area (Å²) in [7, 11) is 0. The Kier molecular flexibility index (Phi) is 3.58. The molecular weight excluding hydrogens is 245 g/mol. The summed E-state index contributed by atoms with van der Waals surface area (Å²) in [6, 6.07) is 4.78. The van der Waals surface area contributed by atoms with Gasteiger partial charge in [-0.3, -0.25) is 0 Å². The molecular formula is C11H10FNOS2. The van der Waals surface area contributed by atoms with Crippen LogP contribution in [0.25, 0.3) is 0 Å². The standard InChI is InChI=1S/C11H10FNOS2/c1-7(14)10-8(12)3-2-4-9(10)16-11-13-5-6-15-11/h2-7,14H,1H3/t7-/m0/s1. The zero-order valence-electron chi connectivity index (χ0n) is 8.55. The Morgan fingerprint density at radius 1 is 1.50 bits per heavy atom. The summed E-state index contributed by atoms with van der Waals surface area (Å²) in [6.07, 6.45) is 0.887. The van der Waals surface area contributed by atoms with E-state index >= 15 is 0 Å². The van der Waals surface area contributed by atoms with E-state index in [0.29, 0.717) is 10.5 Å². The SMILES string of the molecule is C[C@H](O)c1c(F)cccc1Sc1nccs1. The van der Waals surface area contributed by atoms with Gasteiger partial charge in [-0.2, -0.15) is 0 Å². The van der Waals surface area contributed by atoms with Crippen LogP contribution in [0, 0.1) is 5.82 Å². The van der Waals surface area contributed by atoms with Gasteiger partial charge in [-0.15, -0.1) is 11.3 Å². The van der Waals surface area contributed by atoms with Crippen molar-refractivity contribution in [3.63, 3.8) is 0 Å². The Balaban J connectivity index is 2.37. The zero-order valence-corrected chi connectivity index (χ0v) is 10.2. The van der Waals surface area contributed by atoms with Gasteiger partial charge in [-0.05, 0) is 19.1 Å². The highest BCUT2D eigenvalue weighted by atomic mass is 32.2. The van der Waals surface area contributed by atoms with Crippen LogP contribution in [0.4, 0.5) is 4.39 Å². The lowest BCUT2D eigenvalue weighted by Gasteiger charge is -2.11. The van der Waals surface area contributed by atoms with Crippen LogP contribution < -0.4 is 0 Å². The van der Waals surface area contributed by atoms with Crippen molar-refractivity contribution < 1.29 is 9.50 Å². The zero-order chi connectivity index (χ0) is 11.5. The number of hydrogen-bond acceptors (Lipinski definition) is 4. The molecule has 0 spiro atoms. The summed E-state index contributed by atoms with van der Waals surface area (Å²) in [4.78, 5) is 4.83. The Morgan fingerprint density at radius 3 is 2.94 bits per heavy atom. The van der Waals surface area contributed by atoms with Crippen LogP contribution >= 0.6 is 23.1 Å². The van der Waals surface area contributed by atoms with Crippen molar-refractivity contribution in [2.45, 2.75) is 22.3 Å². The first-order valence-corrected chi connectivity index (χ1v) is 6.42. The van der Waals surface area contributed by atoms with Crippen LogP contribution in [-0.4, -0.2) is 10.1 Å². The fourth-order valence-corrected chi connectivity index (χ4v) is 3.18. The lowest BCUT2D eigenvalue weighted by atomic mass is 10.1. The van der Waals surface area contributed by atoms with Crippen molar-refractivity contribution in [3.8, 4) is 0 Å². The number of aromatic nitrogens is 1. The quantitative estimate of drug-likeness (QED) is 0.911. The van der Waals surface area contributed by atoms with Gasteiger partial charge in [-0.1, -0.05) is 17.8 Å². The summed E-state index contributed by atoms with van der Waals surface area (Å²) < 4.78 is 14.4. The smallest absolute Gasteiger partial charge is 0.154 e. The number of nitrogens with zero attached hydrogens (tertiary/aromatic N) is 1. The summed E-state index contributed by atoms with van der Waals surface area (Å²) >= 11 is 2.86. The molecule has 16 heavy (non-hydrogen) atoms. The average Bonchev–Trinajstić information content (AvgIpc) is 2.70. The highest BCUT2D eigenvalue weighted by Crippen LogP contribution is 2.35. The van der Waals surface area contributed by atoms with Crippen LogP contribution in [0.1, 0.15) is 18.6 Å². The van der Waals surface area contributed by atoms with Gasteiger partial charge >= 0.3 is 0 Å². The van der Waals surface area contributed by atoms with Crippen molar-refractivity contribution >= 4 is 23.1 Å². The Bertz CT molecular complexity index is 471. The van der Waals surface area contributed by atoms with Gasteiger partial charge in [0.2, 0.25) is 0 Å². The molecule has 0 saturated carbocycles. The minimum Gasteiger partial charge on any atom is -0.389 e. The van der Waals surface area contributed by atoms with Crippen molar-refractivity contribution in [1.82, 2.24) is 4.98 Å². The van der Waals surface area contributed by atoms with Gasteiger partial charge in [-0.25, -0.2) is 9.37 Å². The highest BCUT2D eigenvalue weighted by Gasteiger charge is 2.14. The highest BCUT2D eigenvalue weighted by molar-refractivity contribution is 8.01. The number of rotatable bonds is 3. The summed E-state index contributed by atoms with van der Waals surface area (Å²) in [5, 5.41) is 11.4. The molecule has 1 aromatic carbocycles. The molecule has 84 valence electrons. The molecule has 2 rings (SSSR count). The maximum Gasteiger partial charge on any atom is 0.154 e. The molecule has 2 nitrogen and oxygen atoms in total. The lowest BCUT2D eigenvalue weighted by Crippen LogP contribution is -1.98. The van der Waals surface area contributed by atoms with Crippen LogP contribution in [-0.2, 0) is 0 Å². The number of aliphatic hydroxyl groups excluding tert-OH is 1. The van der Waals surface area contributed by atoms with Crippen LogP contribution in [0.5, 0.6) is 0 Å². The summed E-state index contributed by atoms with van der Waals surface area (Å²) in [5.74, 6) is -0.378. The van der Waals surface area contributed by atoms with Gasteiger partial charge in [0.15, 0.2) is 4.34 Å². The normalized spacial score (nSPS) is 12.7. The molecule has 1 aromatic heterocycles. The molecule has 0 aliphatic heterocycles. The molecule has 0 aliphatic carbocycles. The third-order valence-electron chi connectivity index (χ3n) is 2.04. The molecule has 2 aromatic rings. The van der Waals surface area contributed by atoms with Crippen molar-refractivity contribution in [2.24, 2.45) is 0 Å². The second kappa shape index (κ2) is 4.95. The molecule has 0 amide bonds. The predicted octanol–water partition coefficient (Wildman–Crippen LogP) is 3.49. The topological polar surface area (TPSA) is 33.1 Å². The van der Waals surface area contributed by atoms with Gasteiger partial charge in [0.05, 0.1) is 6.10 Å². The van der Waals surface area contributed by atoms with E-state index in [0.717, 1.165) is 4.34 Å². The third kappa shape index (κ3) is 2.42. The van der Waals surface area contributed by atoms with E-state index < -0.39 is 6.10 Å². The maximum atomic E-state index is 13.5. The van der Waals surface area contributed by atoms with Crippen LogP contribution in [0.2, 0.25) is 0 Å². The monoisotopic (exact) mass is 255 g/mol. The Morgan fingerprint density at radius 2 is 2.31 bits per heavy atom. The van der Waals surface area contributed by atoms with Crippen LogP contribution in [0.15, 0.2) is 39.0 Å². The fourth-order valence-electron chi connectivity index (χ4n) is 1.37. The Labute approximate surface area is 101 Å². The molecule has 0 radical (unpaired) electrons. The minimum atomic E-state index is -0.816. The molecule has 0 bridgehead atoms. The number of hydrogen-bond donors (Lipinski definition) is 1. The molecule has 5 heteroatoms. The molecule has 0 saturated heterocycles.